The molecule has 1 heterocycles. The van der Waals surface area contributed by atoms with Crippen molar-refractivity contribution in [2.75, 3.05) is 6.54 Å². The second-order valence-electron chi connectivity index (χ2n) is 5.90. The molecule has 1 unspecified atom stereocenters. The van der Waals surface area contributed by atoms with E-state index in [1.165, 1.54) is 49.2 Å². The zero-order valence-electron chi connectivity index (χ0n) is 12.6. The molecular formula is C16H28N2S. The Hall–Kier alpha value is -0.410. The molecule has 19 heavy (non-hydrogen) atoms. The topological polar surface area (TPSA) is 24.9 Å². The van der Waals surface area contributed by atoms with Gasteiger partial charge in [0.1, 0.15) is 0 Å². The first-order chi connectivity index (χ1) is 9.24. The standard InChI is InChI=1S/C16H28N2S/c1-4-6-13-7-9-14(10-8-13)16-18-15(11-19-16)12(3)17-5-2/h11-14,17H,4-10H2,1-3H3. The first-order valence-electron chi connectivity index (χ1n) is 7.93. The number of rotatable bonds is 6. The molecule has 108 valence electrons. The van der Waals surface area contributed by atoms with Crippen molar-refractivity contribution in [3.63, 3.8) is 0 Å². The average Bonchev–Trinajstić information content (AvgIpc) is 2.90. The first kappa shape index (κ1) is 15.0. The minimum atomic E-state index is 0.395. The molecule has 1 atom stereocenters. The summed E-state index contributed by atoms with van der Waals surface area (Å²) in [6.45, 7) is 7.68. The van der Waals surface area contributed by atoms with E-state index in [-0.39, 0.29) is 0 Å². The third kappa shape index (κ3) is 4.03. The van der Waals surface area contributed by atoms with E-state index in [9.17, 15) is 0 Å². The molecule has 0 bridgehead atoms. The van der Waals surface area contributed by atoms with Crippen LogP contribution in [0.15, 0.2) is 5.38 Å². The van der Waals surface area contributed by atoms with Gasteiger partial charge in [-0.05, 0) is 45.1 Å². The van der Waals surface area contributed by atoms with Crippen molar-refractivity contribution in [2.24, 2.45) is 5.92 Å². The van der Waals surface area contributed by atoms with Crippen molar-refractivity contribution >= 4 is 11.3 Å². The lowest BCUT2D eigenvalue weighted by atomic mass is 9.80. The summed E-state index contributed by atoms with van der Waals surface area (Å²) in [5.41, 5.74) is 1.23. The third-order valence-corrected chi connectivity index (χ3v) is 5.41. The number of hydrogen-bond acceptors (Lipinski definition) is 3. The average molecular weight is 280 g/mol. The molecule has 0 aromatic carbocycles. The van der Waals surface area contributed by atoms with Crippen LogP contribution in [0.1, 0.15) is 82.0 Å². The van der Waals surface area contributed by atoms with Gasteiger partial charge in [-0.1, -0.05) is 26.7 Å². The third-order valence-electron chi connectivity index (χ3n) is 4.39. The van der Waals surface area contributed by atoms with Crippen LogP contribution in [0.4, 0.5) is 0 Å². The van der Waals surface area contributed by atoms with Gasteiger partial charge in [0.05, 0.1) is 10.7 Å². The van der Waals surface area contributed by atoms with Crippen molar-refractivity contribution in [1.29, 1.82) is 0 Å². The van der Waals surface area contributed by atoms with Crippen LogP contribution in [0.3, 0.4) is 0 Å². The molecule has 1 aliphatic rings. The summed E-state index contributed by atoms with van der Waals surface area (Å²) < 4.78 is 0. The lowest BCUT2D eigenvalue weighted by molar-refractivity contribution is 0.307. The molecule has 2 nitrogen and oxygen atoms in total. The van der Waals surface area contributed by atoms with E-state index in [1.807, 2.05) is 11.3 Å². The second kappa shape index (κ2) is 7.39. The van der Waals surface area contributed by atoms with E-state index in [4.69, 9.17) is 4.98 Å². The van der Waals surface area contributed by atoms with Crippen molar-refractivity contribution < 1.29 is 0 Å². The summed E-state index contributed by atoms with van der Waals surface area (Å²) >= 11 is 1.87. The lowest BCUT2D eigenvalue weighted by Crippen LogP contribution is -2.18. The van der Waals surface area contributed by atoms with Crippen LogP contribution in [0, 0.1) is 5.92 Å². The van der Waals surface area contributed by atoms with E-state index in [0.717, 1.165) is 18.4 Å². The van der Waals surface area contributed by atoms with Gasteiger partial charge in [0.15, 0.2) is 0 Å². The minimum Gasteiger partial charge on any atom is -0.309 e. The van der Waals surface area contributed by atoms with Gasteiger partial charge in [-0.15, -0.1) is 11.3 Å². The van der Waals surface area contributed by atoms with Gasteiger partial charge in [-0.3, -0.25) is 0 Å². The molecule has 0 saturated heterocycles. The Morgan fingerprint density at radius 3 is 2.68 bits per heavy atom. The normalized spacial score (nSPS) is 25.4. The Kier molecular flexibility index (Phi) is 5.83. The van der Waals surface area contributed by atoms with Crippen LogP contribution in [-0.4, -0.2) is 11.5 Å². The largest absolute Gasteiger partial charge is 0.309 e. The zero-order chi connectivity index (χ0) is 13.7. The monoisotopic (exact) mass is 280 g/mol. The van der Waals surface area contributed by atoms with Gasteiger partial charge >= 0.3 is 0 Å². The summed E-state index contributed by atoms with van der Waals surface area (Å²) in [6.07, 6.45) is 8.30. The fourth-order valence-corrected chi connectivity index (χ4v) is 4.29. The second-order valence-corrected chi connectivity index (χ2v) is 6.79. The van der Waals surface area contributed by atoms with Crippen LogP contribution in [0.5, 0.6) is 0 Å². The summed E-state index contributed by atoms with van der Waals surface area (Å²) in [5, 5.41) is 7.08. The van der Waals surface area contributed by atoms with Crippen LogP contribution >= 0.6 is 11.3 Å². The number of thiazole rings is 1. The van der Waals surface area contributed by atoms with Crippen molar-refractivity contribution in [3.8, 4) is 0 Å². The molecule has 0 spiro atoms. The number of nitrogens with zero attached hydrogens (tertiary/aromatic N) is 1. The van der Waals surface area contributed by atoms with E-state index in [0.29, 0.717) is 6.04 Å². The molecule has 0 radical (unpaired) electrons. The lowest BCUT2D eigenvalue weighted by Gasteiger charge is -2.27. The molecule has 1 aromatic rings. The van der Waals surface area contributed by atoms with Crippen molar-refractivity contribution in [1.82, 2.24) is 10.3 Å². The summed E-state index contributed by atoms with van der Waals surface area (Å²) in [7, 11) is 0. The maximum Gasteiger partial charge on any atom is 0.0959 e. The van der Waals surface area contributed by atoms with Crippen LogP contribution in [0.25, 0.3) is 0 Å². The van der Waals surface area contributed by atoms with Gasteiger partial charge in [-0.2, -0.15) is 0 Å². The summed E-state index contributed by atoms with van der Waals surface area (Å²) in [6, 6.07) is 0.395. The molecular weight excluding hydrogens is 252 g/mol. The minimum absolute atomic E-state index is 0.395. The number of nitrogens with one attached hydrogen (secondary N) is 1. The Morgan fingerprint density at radius 1 is 1.32 bits per heavy atom. The SMILES string of the molecule is CCCC1CCC(c2nc(C(C)NCC)cs2)CC1. The first-order valence-corrected chi connectivity index (χ1v) is 8.81. The van der Waals surface area contributed by atoms with E-state index >= 15 is 0 Å². The predicted molar refractivity (Wildman–Crippen MR) is 83.8 cm³/mol. The summed E-state index contributed by atoms with van der Waals surface area (Å²) in [4.78, 5) is 4.88. The van der Waals surface area contributed by atoms with E-state index in [1.54, 1.807) is 0 Å². The van der Waals surface area contributed by atoms with Crippen LogP contribution in [0.2, 0.25) is 0 Å². The molecule has 1 N–H and O–H groups in total. The zero-order valence-corrected chi connectivity index (χ0v) is 13.4. The molecule has 0 amide bonds. The fraction of sp³-hybridized carbons (Fsp3) is 0.812. The van der Waals surface area contributed by atoms with Gasteiger partial charge < -0.3 is 5.32 Å². The summed E-state index contributed by atoms with van der Waals surface area (Å²) in [5.74, 6) is 1.72. The number of hydrogen-bond donors (Lipinski definition) is 1. The van der Waals surface area contributed by atoms with Crippen molar-refractivity contribution in [2.45, 2.75) is 71.3 Å². The van der Waals surface area contributed by atoms with Gasteiger partial charge in [0.25, 0.3) is 0 Å². The number of aromatic nitrogens is 1. The Bertz CT molecular complexity index is 367. The maximum absolute atomic E-state index is 4.88. The highest BCUT2D eigenvalue weighted by Gasteiger charge is 2.24. The van der Waals surface area contributed by atoms with Gasteiger partial charge in [0, 0.05) is 17.3 Å². The predicted octanol–water partition coefficient (Wildman–Crippen LogP) is 4.89. The Balaban J connectivity index is 1.89. The smallest absolute Gasteiger partial charge is 0.0959 e. The molecule has 1 fully saturated rings. The van der Waals surface area contributed by atoms with Crippen LogP contribution in [-0.2, 0) is 0 Å². The van der Waals surface area contributed by atoms with Gasteiger partial charge in [0.2, 0.25) is 0 Å². The van der Waals surface area contributed by atoms with E-state index in [2.05, 4.69) is 31.5 Å². The van der Waals surface area contributed by atoms with E-state index < -0.39 is 0 Å². The molecule has 1 saturated carbocycles. The fourth-order valence-electron chi connectivity index (χ4n) is 3.20. The quantitative estimate of drug-likeness (QED) is 0.802. The molecule has 2 rings (SSSR count). The highest BCUT2D eigenvalue weighted by molar-refractivity contribution is 7.09. The maximum atomic E-state index is 4.88. The molecule has 1 aromatic heterocycles. The molecule has 0 aliphatic heterocycles. The Morgan fingerprint density at radius 2 is 2.05 bits per heavy atom. The highest BCUT2D eigenvalue weighted by Crippen LogP contribution is 2.38. The van der Waals surface area contributed by atoms with Crippen molar-refractivity contribution in [3.05, 3.63) is 16.1 Å². The highest BCUT2D eigenvalue weighted by atomic mass is 32.1. The molecule has 1 aliphatic carbocycles. The van der Waals surface area contributed by atoms with Crippen LogP contribution < -0.4 is 5.32 Å². The Labute approximate surface area is 122 Å². The molecule has 3 heteroatoms. The van der Waals surface area contributed by atoms with Gasteiger partial charge in [-0.25, -0.2) is 4.98 Å².